The zero-order valence-corrected chi connectivity index (χ0v) is 21.6. The smallest absolute Gasteiger partial charge is 0.327 e. The van der Waals surface area contributed by atoms with Crippen molar-refractivity contribution in [2.75, 3.05) is 16.1 Å². The highest BCUT2D eigenvalue weighted by Gasteiger charge is 2.38. The molecule has 1 aromatic heterocycles. The van der Waals surface area contributed by atoms with Gasteiger partial charge in [0.05, 0.1) is 40.9 Å². The molecule has 39 heavy (non-hydrogen) atoms. The number of hydrogen-bond donors (Lipinski definition) is 2. The SMILES string of the molecule is Cn1nc2cc3c(c(NC(=O)N4CSc5cc(F)ccc54)c2c1CC(F)F)C(c1cc(Cl)ccc1F)NC3=O. The Balaban J connectivity index is 1.55. The highest BCUT2D eigenvalue weighted by Crippen LogP contribution is 2.44. The minimum absolute atomic E-state index is 0.0429. The molecule has 1 atom stereocenters. The first-order valence-electron chi connectivity index (χ1n) is 11.7. The van der Waals surface area contributed by atoms with Gasteiger partial charge in [-0.15, -0.1) is 11.8 Å². The van der Waals surface area contributed by atoms with Gasteiger partial charge in [-0.2, -0.15) is 5.10 Å². The van der Waals surface area contributed by atoms with Gasteiger partial charge in [-0.1, -0.05) is 11.6 Å². The van der Waals surface area contributed by atoms with Gasteiger partial charge in [-0.25, -0.2) is 22.4 Å². The summed E-state index contributed by atoms with van der Waals surface area (Å²) >= 11 is 7.38. The molecule has 3 aromatic carbocycles. The van der Waals surface area contributed by atoms with Crippen molar-refractivity contribution in [1.82, 2.24) is 15.1 Å². The zero-order chi connectivity index (χ0) is 27.6. The van der Waals surface area contributed by atoms with Crippen molar-refractivity contribution in [3.05, 3.63) is 81.5 Å². The van der Waals surface area contributed by atoms with E-state index in [-0.39, 0.29) is 49.9 Å². The molecular weight excluding hydrogens is 558 g/mol. The average molecular weight is 576 g/mol. The maximum atomic E-state index is 15.0. The lowest BCUT2D eigenvalue weighted by Gasteiger charge is -2.22. The van der Waals surface area contributed by atoms with Gasteiger partial charge in [0.25, 0.3) is 5.91 Å². The van der Waals surface area contributed by atoms with Crippen molar-refractivity contribution in [1.29, 1.82) is 0 Å². The first-order chi connectivity index (χ1) is 18.6. The number of amides is 3. The van der Waals surface area contributed by atoms with E-state index in [9.17, 15) is 27.2 Å². The lowest BCUT2D eigenvalue weighted by atomic mass is 9.93. The van der Waals surface area contributed by atoms with E-state index in [0.717, 1.165) is 6.07 Å². The van der Waals surface area contributed by atoms with Gasteiger partial charge < -0.3 is 10.6 Å². The number of carbonyl (C=O) groups is 2. The third kappa shape index (κ3) is 4.27. The molecule has 200 valence electrons. The largest absolute Gasteiger partial charge is 0.341 e. The first kappa shape index (κ1) is 25.5. The Morgan fingerprint density at radius 2 is 2.03 bits per heavy atom. The second-order valence-electron chi connectivity index (χ2n) is 9.09. The molecule has 2 aliphatic rings. The van der Waals surface area contributed by atoms with Crippen LogP contribution in [-0.2, 0) is 13.5 Å². The topological polar surface area (TPSA) is 79.3 Å². The van der Waals surface area contributed by atoms with Crippen LogP contribution in [0, 0.1) is 11.6 Å². The van der Waals surface area contributed by atoms with Crippen LogP contribution in [0.2, 0.25) is 5.02 Å². The van der Waals surface area contributed by atoms with E-state index in [0.29, 0.717) is 10.6 Å². The number of benzene rings is 3. The normalized spacial score (nSPS) is 16.1. The highest BCUT2D eigenvalue weighted by molar-refractivity contribution is 8.00. The van der Waals surface area contributed by atoms with Crippen LogP contribution in [-0.4, -0.2) is 34.0 Å². The minimum Gasteiger partial charge on any atom is -0.341 e. The Hall–Kier alpha value is -3.77. The van der Waals surface area contributed by atoms with Gasteiger partial charge in [0.15, 0.2) is 0 Å². The Labute approximate surface area is 228 Å². The second kappa shape index (κ2) is 9.45. The molecule has 0 aliphatic carbocycles. The summed E-state index contributed by atoms with van der Waals surface area (Å²) in [5.74, 6) is -1.48. The predicted octanol–water partition coefficient (Wildman–Crippen LogP) is 6.25. The van der Waals surface area contributed by atoms with E-state index >= 15 is 0 Å². The summed E-state index contributed by atoms with van der Waals surface area (Å²) in [6.07, 6.45) is -3.40. The van der Waals surface area contributed by atoms with Crippen LogP contribution in [0.4, 0.5) is 33.7 Å². The fourth-order valence-electron chi connectivity index (χ4n) is 5.06. The summed E-state index contributed by atoms with van der Waals surface area (Å²) in [6.45, 7) is 0. The predicted molar refractivity (Wildman–Crippen MR) is 140 cm³/mol. The van der Waals surface area contributed by atoms with Gasteiger partial charge in [0.1, 0.15) is 11.6 Å². The molecule has 0 bridgehead atoms. The summed E-state index contributed by atoms with van der Waals surface area (Å²) in [7, 11) is 1.49. The van der Waals surface area contributed by atoms with Crippen LogP contribution in [0.1, 0.15) is 33.2 Å². The van der Waals surface area contributed by atoms with Crippen molar-refractivity contribution in [3.8, 4) is 0 Å². The Morgan fingerprint density at radius 1 is 1.23 bits per heavy atom. The summed E-state index contributed by atoms with van der Waals surface area (Å²) in [6, 6.07) is 7.62. The van der Waals surface area contributed by atoms with Crippen LogP contribution >= 0.6 is 23.4 Å². The number of aromatic nitrogens is 2. The Morgan fingerprint density at radius 3 is 2.79 bits per heavy atom. The number of urea groups is 1. The number of rotatable bonds is 4. The molecule has 13 heteroatoms. The van der Waals surface area contributed by atoms with Crippen molar-refractivity contribution in [2.45, 2.75) is 23.8 Å². The second-order valence-corrected chi connectivity index (χ2v) is 10.5. The fraction of sp³-hybridized carbons (Fsp3) is 0.192. The van der Waals surface area contributed by atoms with Crippen LogP contribution < -0.4 is 15.5 Å². The summed E-state index contributed by atoms with van der Waals surface area (Å²) < 4.78 is 57.2. The lowest BCUT2D eigenvalue weighted by molar-refractivity contribution is 0.0960. The number of fused-ring (bicyclic) bond motifs is 3. The maximum Gasteiger partial charge on any atom is 0.327 e. The molecular formula is C26H18ClF4N5O2S. The third-order valence-corrected chi connectivity index (χ3v) is 8.01. The van der Waals surface area contributed by atoms with E-state index < -0.39 is 42.5 Å². The number of halogens is 5. The number of thioether (sulfide) groups is 1. The van der Waals surface area contributed by atoms with E-state index in [1.807, 2.05) is 0 Å². The molecule has 1 unspecified atom stereocenters. The van der Waals surface area contributed by atoms with E-state index in [1.165, 1.54) is 64.8 Å². The number of nitrogens with one attached hydrogen (secondary N) is 2. The van der Waals surface area contributed by atoms with Crippen LogP contribution in [0.15, 0.2) is 47.4 Å². The summed E-state index contributed by atoms with van der Waals surface area (Å²) in [5.41, 5.74) is 1.22. The van der Waals surface area contributed by atoms with Crippen LogP contribution in [0.25, 0.3) is 10.9 Å². The molecule has 6 rings (SSSR count). The molecule has 7 nitrogen and oxygen atoms in total. The molecule has 3 amide bonds. The Bertz CT molecular complexity index is 1700. The number of anilines is 2. The third-order valence-electron chi connectivity index (χ3n) is 6.75. The average Bonchev–Trinajstić information content (AvgIpc) is 3.54. The maximum absolute atomic E-state index is 15.0. The zero-order valence-electron chi connectivity index (χ0n) is 20.1. The van der Waals surface area contributed by atoms with Crippen LogP contribution in [0.5, 0.6) is 0 Å². The highest BCUT2D eigenvalue weighted by atomic mass is 35.5. The molecule has 0 saturated heterocycles. The van der Waals surface area contributed by atoms with Crippen molar-refractivity contribution in [2.24, 2.45) is 7.05 Å². The van der Waals surface area contributed by atoms with Crippen molar-refractivity contribution >= 4 is 57.6 Å². The van der Waals surface area contributed by atoms with E-state index in [4.69, 9.17) is 11.6 Å². The number of nitrogens with zero attached hydrogens (tertiary/aromatic N) is 3. The molecule has 2 N–H and O–H groups in total. The molecule has 0 radical (unpaired) electrons. The monoisotopic (exact) mass is 575 g/mol. The van der Waals surface area contributed by atoms with Crippen LogP contribution in [0.3, 0.4) is 0 Å². The summed E-state index contributed by atoms with van der Waals surface area (Å²) in [4.78, 5) is 28.6. The lowest BCUT2D eigenvalue weighted by Crippen LogP contribution is -2.33. The number of carbonyl (C=O) groups excluding carboxylic acids is 2. The van der Waals surface area contributed by atoms with Gasteiger partial charge >= 0.3 is 6.03 Å². The van der Waals surface area contributed by atoms with Crippen molar-refractivity contribution < 1.29 is 27.2 Å². The standard InChI is InChI=1S/C26H18ClF4N5O2S/c1-35-18(9-20(30)31)22-16(34-35)8-14-21(23(32-25(14)37)13-6-11(27)2-4-15(13)29)24(22)33-26(38)36-10-39-19-7-12(28)3-5-17(19)36/h2-8,20,23H,9-10H2,1H3,(H,32,37)(H,33,38). The molecule has 0 spiro atoms. The molecule has 3 heterocycles. The van der Waals surface area contributed by atoms with E-state index in [2.05, 4.69) is 15.7 Å². The molecule has 0 saturated carbocycles. The molecule has 2 aliphatic heterocycles. The quantitative estimate of drug-likeness (QED) is 0.282. The van der Waals surface area contributed by atoms with Gasteiger partial charge in [-0.05, 0) is 42.5 Å². The number of alkyl halides is 2. The summed E-state index contributed by atoms with van der Waals surface area (Å²) in [5, 5.41) is 10.3. The van der Waals surface area contributed by atoms with Gasteiger partial charge in [0.2, 0.25) is 6.43 Å². The minimum atomic E-state index is -2.72. The van der Waals surface area contributed by atoms with Gasteiger partial charge in [-0.3, -0.25) is 14.4 Å². The fourth-order valence-corrected chi connectivity index (χ4v) is 6.29. The molecule has 0 fully saturated rings. The first-order valence-corrected chi connectivity index (χ1v) is 13.1. The van der Waals surface area contributed by atoms with E-state index in [1.54, 1.807) is 0 Å². The van der Waals surface area contributed by atoms with Crippen molar-refractivity contribution in [3.63, 3.8) is 0 Å². The number of hydrogen-bond acceptors (Lipinski definition) is 4. The molecule has 4 aromatic rings. The Kier molecular flexibility index (Phi) is 6.18. The number of aryl methyl sites for hydroxylation is 1. The van der Waals surface area contributed by atoms with Gasteiger partial charge in [0, 0.05) is 39.0 Å².